The SMILES string of the molecule is CCOC(=O)CCCCN(CCc1ccccc1OCc1ccc(-c2ccc(F)cc2)cc1)Cc1ccc(C(=O)OC)cc1. The first-order chi connectivity index (χ1) is 21.4. The maximum absolute atomic E-state index is 13.3. The Morgan fingerprint density at radius 2 is 1.43 bits per heavy atom. The number of esters is 2. The van der Waals surface area contributed by atoms with Crippen molar-refractivity contribution < 1.29 is 28.2 Å². The van der Waals surface area contributed by atoms with E-state index in [1.54, 1.807) is 24.3 Å². The van der Waals surface area contributed by atoms with Gasteiger partial charge in [-0.05, 0) is 90.9 Å². The minimum Gasteiger partial charge on any atom is -0.489 e. The first-order valence-corrected chi connectivity index (χ1v) is 15.1. The molecule has 4 aromatic rings. The van der Waals surface area contributed by atoms with E-state index in [-0.39, 0.29) is 17.8 Å². The van der Waals surface area contributed by atoms with Crippen molar-refractivity contribution >= 4 is 11.9 Å². The van der Waals surface area contributed by atoms with Crippen LogP contribution in [0.15, 0.2) is 97.1 Å². The minimum atomic E-state index is -0.354. The van der Waals surface area contributed by atoms with E-state index in [0.717, 1.165) is 65.9 Å². The Bertz CT molecular complexity index is 1470. The van der Waals surface area contributed by atoms with Crippen LogP contribution in [0.3, 0.4) is 0 Å². The molecule has 0 aliphatic heterocycles. The third kappa shape index (κ3) is 10.1. The fourth-order valence-corrected chi connectivity index (χ4v) is 4.96. The van der Waals surface area contributed by atoms with Crippen LogP contribution in [0.25, 0.3) is 11.1 Å². The molecule has 0 aliphatic carbocycles. The second-order valence-electron chi connectivity index (χ2n) is 10.6. The molecule has 4 aromatic carbocycles. The topological polar surface area (TPSA) is 65.1 Å². The quantitative estimate of drug-likeness (QED) is 0.0977. The summed E-state index contributed by atoms with van der Waals surface area (Å²) in [6.45, 7) is 4.98. The van der Waals surface area contributed by atoms with E-state index in [9.17, 15) is 14.0 Å². The van der Waals surface area contributed by atoms with Crippen LogP contribution in [0.5, 0.6) is 5.75 Å². The van der Waals surface area contributed by atoms with Gasteiger partial charge in [-0.25, -0.2) is 9.18 Å². The second-order valence-corrected chi connectivity index (χ2v) is 10.6. The number of methoxy groups -OCH3 is 1. The van der Waals surface area contributed by atoms with E-state index < -0.39 is 0 Å². The number of rotatable bonds is 16. The molecule has 0 heterocycles. The summed E-state index contributed by atoms with van der Waals surface area (Å²) in [6.07, 6.45) is 2.83. The number of ether oxygens (including phenoxy) is 3. The van der Waals surface area contributed by atoms with Gasteiger partial charge in [-0.1, -0.05) is 66.7 Å². The van der Waals surface area contributed by atoms with Crippen LogP contribution >= 0.6 is 0 Å². The molecule has 230 valence electrons. The van der Waals surface area contributed by atoms with E-state index >= 15 is 0 Å². The number of nitrogens with zero attached hydrogens (tertiary/aromatic N) is 1. The first kappa shape index (κ1) is 32.4. The van der Waals surface area contributed by atoms with Crippen LogP contribution < -0.4 is 4.74 Å². The Morgan fingerprint density at radius 3 is 2.11 bits per heavy atom. The van der Waals surface area contributed by atoms with Crippen molar-refractivity contribution in [2.24, 2.45) is 0 Å². The Morgan fingerprint density at radius 1 is 0.773 bits per heavy atom. The van der Waals surface area contributed by atoms with Crippen LogP contribution in [0, 0.1) is 5.82 Å². The molecule has 0 aromatic heterocycles. The molecule has 4 rings (SSSR count). The zero-order valence-corrected chi connectivity index (χ0v) is 25.5. The van der Waals surface area contributed by atoms with Crippen LogP contribution in [0.2, 0.25) is 0 Å². The number of halogens is 1. The number of carbonyl (C=O) groups excluding carboxylic acids is 2. The summed E-state index contributed by atoms with van der Waals surface area (Å²) < 4.78 is 29.4. The molecule has 0 fully saturated rings. The highest BCUT2D eigenvalue weighted by Crippen LogP contribution is 2.23. The van der Waals surface area contributed by atoms with Crippen LogP contribution in [0.1, 0.15) is 53.2 Å². The van der Waals surface area contributed by atoms with Gasteiger partial charge in [-0.15, -0.1) is 0 Å². The predicted octanol–water partition coefficient (Wildman–Crippen LogP) is 7.64. The zero-order valence-electron chi connectivity index (χ0n) is 25.5. The van der Waals surface area contributed by atoms with Gasteiger partial charge in [0.1, 0.15) is 18.2 Å². The average Bonchev–Trinajstić information content (AvgIpc) is 3.05. The number of hydrogen-bond acceptors (Lipinski definition) is 6. The van der Waals surface area contributed by atoms with Gasteiger partial charge in [-0.2, -0.15) is 0 Å². The van der Waals surface area contributed by atoms with E-state index in [4.69, 9.17) is 14.2 Å². The third-order valence-corrected chi connectivity index (χ3v) is 7.39. The molecule has 0 amide bonds. The summed E-state index contributed by atoms with van der Waals surface area (Å²) in [4.78, 5) is 26.0. The fourth-order valence-electron chi connectivity index (χ4n) is 4.96. The molecular weight excluding hydrogens is 557 g/mol. The lowest BCUT2D eigenvalue weighted by molar-refractivity contribution is -0.143. The Hall–Kier alpha value is -4.49. The number of hydrogen-bond donors (Lipinski definition) is 0. The molecule has 0 atom stereocenters. The summed E-state index contributed by atoms with van der Waals surface area (Å²) in [5, 5.41) is 0. The second kappa shape index (κ2) is 17.0. The summed E-state index contributed by atoms with van der Waals surface area (Å²) in [5.74, 6) is 0.0880. The molecule has 0 radical (unpaired) electrons. The molecule has 0 aliphatic rings. The molecule has 0 bridgehead atoms. The van der Waals surface area contributed by atoms with Crippen molar-refractivity contribution in [1.29, 1.82) is 0 Å². The lowest BCUT2D eigenvalue weighted by Gasteiger charge is -2.23. The zero-order chi connectivity index (χ0) is 31.1. The van der Waals surface area contributed by atoms with E-state index in [1.807, 2.05) is 61.5 Å². The Labute approximate surface area is 259 Å². The number of benzene rings is 4. The first-order valence-electron chi connectivity index (χ1n) is 15.1. The van der Waals surface area contributed by atoms with Crippen molar-refractivity contribution in [3.05, 3.63) is 125 Å². The summed E-state index contributed by atoms with van der Waals surface area (Å²) in [6, 6.07) is 30.2. The van der Waals surface area contributed by atoms with Gasteiger partial charge in [0.25, 0.3) is 0 Å². The van der Waals surface area contributed by atoms with Gasteiger partial charge in [0.15, 0.2) is 0 Å². The van der Waals surface area contributed by atoms with E-state index in [1.165, 1.54) is 19.2 Å². The highest BCUT2D eigenvalue weighted by Gasteiger charge is 2.12. The summed E-state index contributed by atoms with van der Waals surface area (Å²) in [7, 11) is 1.38. The van der Waals surface area contributed by atoms with Gasteiger partial charge in [0.2, 0.25) is 0 Å². The van der Waals surface area contributed by atoms with Crippen molar-refractivity contribution in [1.82, 2.24) is 4.90 Å². The van der Waals surface area contributed by atoms with Gasteiger partial charge in [-0.3, -0.25) is 9.69 Å². The van der Waals surface area contributed by atoms with E-state index in [2.05, 4.69) is 11.0 Å². The lowest BCUT2D eigenvalue weighted by atomic mass is 10.0. The van der Waals surface area contributed by atoms with Crippen LogP contribution in [0.4, 0.5) is 4.39 Å². The van der Waals surface area contributed by atoms with Gasteiger partial charge in [0.05, 0.1) is 19.3 Å². The van der Waals surface area contributed by atoms with Crippen LogP contribution in [-0.4, -0.2) is 43.6 Å². The van der Waals surface area contributed by atoms with Crippen molar-refractivity contribution in [2.75, 3.05) is 26.8 Å². The third-order valence-electron chi connectivity index (χ3n) is 7.39. The maximum atomic E-state index is 13.3. The molecule has 0 saturated heterocycles. The minimum absolute atomic E-state index is 0.159. The molecule has 0 N–H and O–H groups in total. The van der Waals surface area contributed by atoms with Crippen molar-refractivity contribution in [3.8, 4) is 16.9 Å². The average molecular weight is 598 g/mol. The van der Waals surface area contributed by atoms with Crippen molar-refractivity contribution in [3.63, 3.8) is 0 Å². The predicted molar refractivity (Wildman–Crippen MR) is 170 cm³/mol. The lowest BCUT2D eigenvalue weighted by Crippen LogP contribution is -2.27. The van der Waals surface area contributed by atoms with Gasteiger partial charge < -0.3 is 14.2 Å². The largest absolute Gasteiger partial charge is 0.489 e. The highest BCUT2D eigenvalue weighted by atomic mass is 19.1. The molecule has 0 spiro atoms. The number of carbonyl (C=O) groups is 2. The Balaban J connectivity index is 1.37. The molecular formula is C37H40FNO5. The van der Waals surface area contributed by atoms with Crippen molar-refractivity contribution in [2.45, 2.75) is 45.8 Å². The van der Waals surface area contributed by atoms with E-state index in [0.29, 0.717) is 31.7 Å². The maximum Gasteiger partial charge on any atom is 0.337 e. The number of unbranched alkanes of at least 4 members (excludes halogenated alkanes) is 1. The molecule has 6 nitrogen and oxygen atoms in total. The number of para-hydroxylation sites is 1. The molecule has 44 heavy (non-hydrogen) atoms. The summed E-state index contributed by atoms with van der Waals surface area (Å²) in [5.41, 5.74) is 5.77. The molecule has 0 saturated carbocycles. The highest BCUT2D eigenvalue weighted by molar-refractivity contribution is 5.89. The standard InChI is InChI=1S/C37H40FNO5/c1-3-43-36(40)10-6-7-24-39(26-28-11-17-33(18-12-28)37(41)42-2)25-23-32-8-4-5-9-35(32)44-27-29-13-15-30(16-14-29)31-19-21-34(38)22-20-31/h4-5,8-9,11-22H,3,6-7,10,23-27H2,1-2H3. The summed E-state index contributed by atoms with van der Waals surface area (Å²) >= 11 is 0. The normalized spacial score (nSPS) is 10.9. The van der Waals surface area contributed by atoms with Gasteiger partial charge in [0, 0.05) is 19.5 Å². The fraction of sp³-hybridized carbons (Fsp3) is 0.297. The molecule has 7 heteroatoms. The monoisotopic (exact) mass is 597 g/mol. The Kier molecular flexibility index (Phi) is 12.5. The molecule has 0 unspecified atom stereocenters. The smallest absolute Gasteiger partial charge is 0.337 e. The van der Waals surface area contributed by atoms with Crippen LogP contribution in [-0.2, 0) is 33.8 Å². The van der Waals surface area contributed by atoms with Gasteiger partial charge >= 0.3 is 11.9 Å².